The average molecular weight is 297 g/mol. The Hall–Kier alpha value is -0.330. The van der Waals surface area contributed by atoms with Crippen molar-refractivity contribution in [2.45, 2.75) is 110 Å². The van der Waals surface area contributed by atoms with Crippen LogP contribution in [0.25, 0.3) is 0 Å². The summed E-state index contributed by atoms with van der Waals surface area (Å²) in [5.41, 5.74) is 0. The molecule has 0 aromatic carbocycles. The van der Waals surface area contributed by atoms with Crippen LogP contribution < -0.4 is 0 Å². The summed E-state index contributed by atoms with van der Waals surface area (Å²) in [5, 5.41) is 0. The summed E-state index contributed by atoms with van der Waals surface area (Å²) < 4.78 is 2.39. The summed E-state index contributed by atoms with van der Waals surface area (Å²) in [6, 6.07) is 0. The molecule has 21 heavy (non-hydrogen) atoms. The van der Waals surface area contributed by atoms with E-state index in [-0.39, 0.29) is 0 Å². The SMILES string of the molecule is CCCCC=[N+](C)CCCCCCCCCCCCCC. The van der Waals surface area contributed by atoms with Gasteiger partial charge in [0.15, 0.2) is 0 Å². The van der Waals surface area contributed by atoms with E-state index in [1.54, 1.807) is 0 Å². The van der Waals surface area contributed by atoms with Gasteiger partial charge in [-0.25, -0.2) is 4.58 Å². The molecule has 1 nitrogen and oxygen atoms in total. The Morgan fingerprint density at radius 1 is 0.571 bits per heavy atom. The smallest absolute Gasteiger partial charge is 0.142 e. The molecule has 126 valence electrons. The van der Waals surface area contributed by atoms with E-state index < -0.39 is 0 Å². The van der Waals surface area contributed by atoms with Crippen LogP contribution in [0.2, 0.25) is 0 Å². The normalized spacial score (nSPS) is 12.0. The second-order valence-electron chi connectivity index (χ2n) is 6.69. The molecule has 0 aliphatic carbocycles. The van der Waals surface area contributed by atoms with Gasteiger partial charge in [0.1, 0.15) is 19.8 Å². The molecule has 0 amide bonds. The first-order chi connectivity index (χ1) is 10.3. The second kappa shape index (κ2) is 17.7. The molecule has 0 aromatic heterocycles. The summed E-state index contributed by atoms with van der Waals surface area (Å²) in [4.78, 5) is 0. The van der Waals surface area contributed by atoms with Crippen LogP contribution in [0, 0.1) is 0 Å². The highest BCUT2D eigenvalue weighted by Gasteiger charge is 1.97. The highest BCUT2D eigenvalue weighted by Crippen LogP contribution is 2.11. The van der Waals surface area contributed by atoms with Gasteiger partial charge in [-0.1, -0.05) is 84.5 Å². The first-order valence-corrected chi connectivity index (χ1v) is 9.84. The lowest BCUT2D eigenvalue weighted by Gasteiger charge is -2.02. The van der Waals surface area contributed by atoms with E-state index in [2.05, 4.69) is 31.7 Å². The van der Waals surface area contributed by atoms with Crippen molar-refractivity contribution in [1.82, 2.24) is 0 Å². The van der Waals surface area contributed by atoms with E-state index in [1.165, 1.54) is 103 Å². The number of hydrogen-bond donors (Lipinski definition) is 0. The fourth-order valence-electron chi connectivity index (χ4n) is 2.81. The van der Waals surface area contributed by atoms with Crippen molar-refractivity contribution in [3.8, 4) is 0 Å². The van der Waals surface area contributed by atoms with Gasteiger partial charge in [0.05, 0.1) is 0 Å². The molecular weight excluding hydrogens is 254 g/mol. The van der Waals surface area contributed by atoms with Crippen LogP contribution in [-0.2, 0) is 0 Å². The predicted molar refractivity (Wildman–Crippen MR) is 97.7 cm³/mol. The largest absolute Gasteiger partial charge is 0.242 e. The van der Waals surface area contributed by atoms with Gasteiger partial charge in [-0.05, 0) is 12.8 Å². The zero-order chi connectivity index (χ0) is 15.6. The Bertz CT molecular complexity index is 220. The summed E-state index contributed by atoms with van der Waals surface area (Å²) in [5.74, 6) is 0. The Balaban J connectivity index is 3.13. The minimum atomic E-state index is 1.25. The zero-order valence-electron chi connectivity index (χ0n) is 15.3. The molecule has 0 saturated heterocycles. The van der Waals surface area contributed by atoms with Gasteiger partial charge in [0, 0.05) is 12.8 Å². The monoisotopic (exact) mass is 296 g/mol. The van der Waals surface area contributed by atoms with Crippen LogP contribution in [0.15, 0.2) is 0 Å². The van der Waals surface area contributed by atoms with Crippen LogP contribution >= 0.6 is 0 Å². The Labute approximate surface area is 135 Å². The molecular formula is C20H42N+. The lowest BCUT2D eigenvalue weighted by atomic mass is 10.1. The van der Waals surface area contributed by atoms with E-state index in [4.69, 9.17) is 0 Å². The third kappa shape index (κ3) is 17.6. The third-order valence-electron chi connectivity index (χ3n) is 4.36. The molecule has 0 bridgehead atoms. The third-order valence-corrected chi connectivity index (χ3v) is 4.36. The molecule has 0 fully saturated rings. The van der Waals surface area contributed by atoms with Crippen molar-refractivity contribution < 1.29 is 4.58 Å². The average Bonchev–Trinajstić information content (AvgIpc) is 2.48. The molecule has 0 rings (SSSR count). The molecule has 0 aliphatic rings. The number of unbranched alkanes of at least 4 members (excludes halogenated alkanes) is 13. The van der Waals surface area contributed by atoms with Crippen LogP contribution in [0.1, 0.15) is 110 Å². The maximum atomic E-state index is 2.39. The minimum Gasteiger partial charge on any atom is -0.242 e. The van der Waals surface area contributed by atoms with Crippen molar-refractivity contribution in [3.63, 3.8) is 0 Å². The molecule has 0 spiro atoms. The van der Waals surface area contributed by atoms with E-state index in [0.29, 0.717) is 0 Å². The van der Waals surface area contributed by atoms with Crippen LogP contribution in [0.5, 0.6) is 0 Å². The van der Waals surface area contributed by atoms with Crippen LogP contribution in [-0.4, -0.2) is 24.4 Å². The summed E-state index contributed by atoms with van der Waals surface area (Å²) >= 11 is 0. The molecule has 1 heteroatoms. The summed E-state index contributed by atoms with van der Waals surface area (Å²) in [6.45, 7) is 5.81. The van der Waals surface area contributed by atoms with Crippen molar-refractivity contribution in [3.05, 3.63) is 0 Å². The number of rotatable bonds is 16. The van der Waals surface area contributed by atoms with Gasteiger partial charge < -0.3 is 0 Å². The van der Waals surface area contributed by atoms with Crippen molar-refractivity contribution in [1.29, 1.82) is 0 Å². The second-order valence-corrected chi connectivity index (χ2v) is 6.69. The van der Waals surface area contributed by atoms with Crippen molar-refractivity contribution in [2.24, 2.45) is 0 Å². The molecule has 0 aliphatic heterocycles. The topological polar surface area (TPSA) is 3.01 Å². The standard InChI is InChI=1S/C20H42N/c1-4-6-8-9-10-11-12-13-14-15-16-18-20-21(3)19-17-7-5-2/h19H,4-18,20H2,1-3H3/q+1. The van der Waals surface area contributed by atoms with E-state index in [9.17, 15) is 0 Å². The molecule has 0 aromatic rings. The van der Waals surface area contributed by atoms with Crippen LogP contribution in [0.3, 0.4) is 0 Å². The Morgan fingerprint density at radius 2 is 1.00 bits per heavy atom. The Kier molecular flexibility index (Phi) is 17.4. The van der Waals surface area contributed by atoms with Gasteiger partial charge in [-0.2, -0.15) is 0 Å². The van der Waals surface area contributed by atoms with Gasteiger partial charge in [0.2, 0.25) is 0 Å². The molecule has 0 atom stereocenters. The summed E-state index contributed by atoms with van der Waals surface area (Å²) in [6.07, 6.45) is 23.6. The highest BCUT2D eigenvalue weighted by molar-refractivity contribution is 5.50. The van der Waals surface area contributed by atoms with E-state index in [0.717, 1.165) is 0 Å². The van der Waals surface area contributed by atoms with Gasteiger partial charge in [-0.3, -0.25) is 0 Å². The first-order valence-electron chi connectivity index (χ1n) is 9.84. The highest BCUT2D eigenvalue weighted by atomic mass is 14.9. The fourth-order valence-corrected chi connectivity index (χ4v) is 2.81. The first kappa shape index (κ1) is 20.7. The molecule has 0 heterocycles. The summed E-state index contributed by atoms with van der Waals surface area (Å²) in [7, 11) is 2.23. The maximum Gasteiger partial charge on any atom is 0.142 e. The van der Waals surface area contributed by atoms with Gasteiger partial charge in [0.25, 0.3) is 0 Å². The van der Waals surface area contributed by atoms with Crippen LogP contribution in [0.4, 0.5) is 0 Å². The molecule has 0 N–H and O–H groups in total. The van der Waals surface area contributed by atoms with Crippen molar-refractivity contribution in [2.75, 3.05) is 13.6 Å². The Morgan fingerprint density at radius 3 is 1.48 bits per heavy atom. The lowest BCUT2D eigenvalue weighted by Crippen LogP contribution is -2.08. The van der Waals surface area contributed by atoms with Gasteiger partial charge in [-0.15, -0.1) is 0 Å². The number of hydrogen-bond acceptors (Lipinski definition) is 0. The number of nitrogens with zero attached hydrogens (tertiary/aromatic N) is 1. The molecule has 0 unspecified atom stereocenters. The maximum absolute atomic E-state index is 2.39. The molecule has 0 saturated carbocycles. The van der Waals surface area contributed by atoms with Gasteiger partial charge >= 0.3 is 0 Å². The lowest BCUT2D eigenvalue weighted by molar-refractivity contribution is -0.494. The fraction of sp³-hybridized carbons (Fsp3) is 0.950. The van der Waals surface area contributed by atoms with E-state index >= 15 is 0 Å². The molecule has 0 radical (unpaired) electrons. The zero-order valence-corrected chi connectivity index (χ0v) is 15.3. The van der Waals surface area contributed by atoms with Crippen molar-refractivity contribution >= 4 is 6.21 Å². The van der Waals surface area contributed by atoms with E-state index in [1.807, 2.05) is 0 Å². The minimum absolute atomic E-state index is 1.25. The quantitative estimate of drug-likeness (QED) is 0.172. The predicted octanol–water partition coefficient (Wildman–Crippen LogP) is 6.59.